The summed E-state index contributed by atoms with van der Waals surface area (Å²) in [7, 11) is 0. The van der Waals surface area contributed by atoms with Crippen molar-refractivity contribution in [2.24, 2.45) is 11.7 Å². The van der Waals surface area contributed by atoms with Gasteiger partial charge in [-0.25, -0.2) is 0 Å². The van der Waals surface area contributed by atoms with Gasteiger partial charge < -0.3 is 15.6 Å². The van der Waals surface area contributed by atoms with Crippen molar-refractivity contribution in [3.63, 3.8) is 0 Å². The maximum absolute atomic E-state index is 12.8. The highest BCUT2D eigenvalue weighted by atomic mass is 79.9. The lowest BCUT2D eigenvalue weighted by atomic mass is 9.93. The third-order valence-electron chi connectivity index (χ3n) is 5.49. The number of benzene rings is 3. The quantitative estimate of drug-likeness (QED) is 0.412. The number of esters is 1. The zero-order chi connectivity index (χ0) is 21.3. The average molecular weight is 466 g/mol. The van der Waals surface area contributed by atoms with E-state index >= 15 is 0 Å². The lowest BCUT2D eigenvalue weighted by molar-refractivity contribution is -0.160. The van der Waals surface area contributed by atoms with Gasteiger partial charge in [0.05, 0.1) is 6.04 Å². The number of aliphatic carboxylic acids is 1. The van der Waals surface area contributed by atoms with Crippen molar-refractivity contribution < 1.29 is 19.4 Å². The molecule has 1 aliphatic carbocycles. The van der Waals surface area contributed by atoms with Crippen molar-refractivity contribution in [1.82, 2.24) is 0 Å². The van der Waals surface area contributed by atoms with Crippen LogP contribution in [0.25, 0.3) is 11.1 Å². The Morgan fingerprint density at radius 3 is 2.00 bits per heavy atom. The molecule has 152 valence electrons. The lowest BCUT2D eigenvalue weighted by Crippen LogP contribution is -2.36. The highest BCUT2D eigenvalue weighted by Gasteiger charge is 2.37. The van der Waals surface area contributed by atoms with E-state index in [4.69, 9.17) is 10.5 Å². The van der Waals surface area contributed by atoms with Crippen LogP contribution < -0.4 is 5.73 Å². The Morgan fingerprint density at radius 1 is 0.933 bits per heavy atom. The Balaban J connectivity index is 1.54. The second-order valence-corrected chi connectivity index (χ2v) is 8.17. The van der Waals surface area contributed by atoms with Crippen LogP contribution >= 0.6 is 15.9 Å². The van der Waals surface area contributed by atoms with E-state index in [0.29, 0.717) is 5.56 Å². The fourth-order valence-corrected chi connectivity index (χ4v) is 4.24. The van der Waals surface area contributed by atoms with E-state index < -0.39 is 23.9 Å². The van der Waals surface area contributed by atoms with Gasteiger partial charge in [-0.2, -0.15) is 0 Å². The Morgan fingerprint density at radius 2 is 1.47 bits per heavy atom. The van der Waals surface area contributed by atoms with E-state index in [9.17, 15) is 14.7 Å². The molecule has 3 N–H and O–H groups in total. The Kier molecular flexibility index (Phi) is 5.70. The van der Waals surface area contributed by atoms with Gasteiger partial charge in [0.2, 0.25) is 0 Å². The van der Waals surface area contributed by atoms with Crippen molar-refractivity contribution in [2.75, 3.05) is 6.61 Å². The molecule has 0 saturated heterocycles. The first-order chi connectivity index (χ1) is 14.5. The van der Waals surface area contributed by atoms with Gasteiger partial charge in [-0.05, 0) is 39.9 Å². The summed E-state index contributed by atoms with van der Waals surface area (Å²) < 4.78 is 6.36. The predicted molar refractivity (Wildman–Crippen MR) is 117 cm³/mol. The summed E-state index contributed by atoms with van der Waals surface area (Å²) in [6.07, 6.45) is 0. The van der Waals surface area contributed by atoms with E-state index in [1.165, 1.54) is 0 Å². The number of rotatable bonds is 6. The second-order valence-electron chi connectivity index (χ2n) is 7.25. The first-order valence-electron chi connectivity index (χ1n) is 9.56. The molecule has 6 heteroatoms. The standard InChI is InChI=1S/C24H20BrNO4/c25-15-11-9-14(10-12-15)22(26)21(23(27)28)24(29)30-13-20-18-7-3-1-5-16(18)17-6-2-4-8-19(17)20/h1-12,20-22H,13,26H2,(H,27,28)/t21-,22?/m1/s1. The predicted octanol–water partition coefficient (Wildman–Crippen LogP) is 4.51. The number of halogens is 1. The number of carboxylic acids is 1. The van der Waals surface area contributed by atoms with Crippen molar-refractivity contribution in [3.8, 4) is 11.1 Å². The van der Waals surface area contributed by atoms with Gasteiger partial charge in [0.1, 0.15) is 6.61 Å². The number of fused-ring (bicyclic) bond motifs is 3. The first kappa shape index (κ1) is 20.3. The fraction of sp³-hybridized carbons (Fsp3) is 0.167. The molecule has 1 unspecified atom stereocenters. The zero-order valence-electron chi connectivity index (χ0n) is 16.0. The van der Waals surface area contributed by atoms with E-state index in [2.05, 4.69) is 15.9 Å². The van der Waals surface area contributed by atoms with Gasteiger partial charge in [-0.1, -0.05) is 76.6 Å². The van der Waals surface area contributed by atoms with Gasteiger partial charge in [-0.15, -0.1) is 0 Å². The molecule has 3 aromatic rings. The molecule has 0 aromatic heterocycles. The minimum Gasteiger partial charge on any atom is -0.481 e. The normalized spacial score (nSPS) is 14.5. The highest BCUT2D eigenvalue weighted by molar-refractivity contribution is 9.10. The minimum absolute atomic E-state index is 0.0592. The molecule has 0 aliphatic heterocycles. The summed E-state index contributed by atoms with van der Waals surface area (Å²) in [5, 5.41) is 9.65. The molecule has 0 radical (unpaired) electrons. The van der Waals surface area contributed by atoms with Crippen LogP contribution in [0.5, 0.6) is 0 Å². The summed E-state index contributed by atoms with van der Waals surface area (Å²) in [6.45, 7) is 0.0592. The molecule has 0 heterocycles. The van der Waals surface area contributed by atoms with Crippen molar-refractivity contribution in [3.05, 3.63) is 94.0 Å². The van der Waals surface area contributed by atoms with Crippen molar-refractivity contribution >= 4 is 27.9 Å². The van der Waals surface area contributed by atoms with Crippen LogP contribution in [0.15, 0.2) is 77.3 Å². The molecule has 4 rings (SSSR count). The molecule has 2 atom stereocenters. The summed E-state index contributed by atoms with van der Waals surface area (Å²) in [5.74, 6) is -3.76. The summed E-state index contributed by atoms with van der Waals surface area (Å²) in [4.78, 5) is 24.6. The van der Waals surface area contributed by atoms with E-state index in [-0.39, 0.29) is 12.5 Å². The van der Waals surface area contributed by atoms with Crippen LogP contribution in [0.4, 0.5) is 0 Å². The monoisotopic (exact) mass is 465 g/mol. The Labute approximate surface area is 182 Å². The number of hydrogen-bond donors (Lipinski definition) is 2. The Bertz CT molecular complexity index is 1050. The number of carboxylic acid groups (broad SMARTS) is 1. The third-order valence-corrected chi connectivity index (χ3v) is 6.02. The highest BCUT2D eigenvalue weighted by Crippen LogP contribution is 2.44. The molecule has 30 heavy (non-hydrogen) atoms. The molecular formula is C24H20BrNO4. The molecule has 0 saturated carbocycles. The minimum atomic E-state index is -1.49. The van der Waals surface area contributed by atoms with Gasteiger partial charge in [0.25, 0.3) is 0 Å². The number of hydrogen-bond acceptors (Lipinski definition) is 4. The van der Waals surface area contributed by atoms with Gasteiger partial charge >= 0.3 is 11.9 Å². The number of ether oxygens (including phenoxy) is 1. The second kappa shape index (κ2) is 8.42. The summed E-state index contributed by atoms with van der Waals surface area (Å²) >= 11 is 3.33. The molecular weight excluding hydrogens is 446 g/mol. The van der Waals surface area contributed by atoms with Gasteiger partial charge in [-0.3, -0.25) is 9.59 Å². The Hall–Kier alpha value is -2.96. The number of nitrogens with two attached hydrogens (primary N) is 1. The van der Waals surface area contributed by atoms with E-state index in [1.54, 1.807) is 24.3 Å². The van der Waals surface area contributed by atoms with Crippen LogP contribution in [0, 0.1) is 5.92 Å². The van der Waals surface area contributed by atoms with Crippen LogP contribution in [-0.4, -0.2) is 23.7 Å². The molecule has 5 nitrogen and oxygen atoms in total. The first-order valence-corrected chi connectivity index (χ1v) is 10.4. The zero-order valence-corrected chi connectivity index (χ0v) is 17.6. The summed E-state index contributed by atoms with van der Waals surface area (Å²) in [5.41, 5.74) is 11.0. The SMILES string of the molecule is NC(c1ccc(Br)cc1)[C@H](C(=O)O)C(=O)OCC1c2ccccc2-c2ccccc21. The molecule has 3 aromatic carbocycles. The van der Waals surface area contributed by atoms with E-state index in [0.717, 1.165) is 26.7 Å². The maximum Gasteiger partial charge on any atom is 0.322 e. The topological polar surface area (TPSA) is 89.6 Å². The fourth-order valence-electron chi connectivity index (χ4n) is 3.97. The average Bonchev–Trinajstić information content (AvgIpc) is 3.06. The molecule has 0 amide bonds. The van der Waals surface area contributed by atoms with Crippen LogP contribution in [0.3, 0.4) is 0 Å². The number of carbonyl (C=O) groups is 2. The molecule has 0 spiro atoms. The molecule has 0 bridgehead atoms. The maximum atomic E-state index is 12.8. The van der Waals surface area contributed by atoms with Crippen LogP contribution in [-0.2, 0) is 14.3 Å². The lowest BCUT2D eigenvalue weighted by Gasteiger charge is -2.21. The van der Waals surface area contributed by atoms with E-state index in [1.807, 2.05) is 48.5 Å². The van der Waals surface area contributed by atoms with Crippen LogP contribution in [0.1, 0.15) is 28.7 Å². The van der Waals surface area contributed by atoms with Crippen molar-refractivity contribution in [1.29, 1.82) is 0 Å². The summed E-state index contributed by atoms with van der Waals surface area (Å²) in [6, 6.07) is 21.8. The largest absolute Gasteiger partial charge is 0.481 e. The van der Waals surface area contributed by atoms with Gasteiger partial charge in [0.15, 0.2) is 5.92 Å². The van der Waals surface area contributed by atoms with Crippen molar-refractivity contribution in [2.45, 2.75) is 12.0 Å². The third kappa shape index (κ3) is 3.76. The molecule has 1 aliphatic rings. The smallest absolute Gasteiger partial charge is 0.322 e. The molecule has 0 fully saturated rings. The van der Waals surface area contributed by atoms with Gasteiger partial charge in [0, 0.05) is 10.4 Å². The number of carbonyl (C=O) groups excluding carboxylic acids is 1. The van der Waals surface area contributed by atoms with Crippen LogP contribution in [0.2, 0.25) is 0 Å².